The Morgan fingerprint density at radius 2 is 2.09 bits per heavy atom. The van der Waals surface area contributed by atoms with Gasteiger partial charge in [-0.15, -0.1) is 0 Å². The van der Waals surface area contributed by atoms with E-state index in [0.29, 0.717) is 13.0 Å². The van der Waals surface area contributed by atoms with Crippen LogP contribution in [-0.4, -0.2) is 24.1 Å². The summed E-state index contributed by atoms with van der Waals surface area (Å²) in [5.74, 6) is 1.99. The van der Waals surface area contributed by atoms with E-state index in [1.165, 1.54) is 6.42 Å². The number of carbonyl (C=O) groups excluding carboxylic acids is 1. The summed E-state index contributed by atoms with van der Waals surface area (Å²) in [5, 5.41) is 0. The smallest absolute Gasteiger partial charge is 0.305 e. The van der Waals surface area contributed by atoms with E-state index >= 15 is 0 Å². The number of hydrogen-bond donors (Lipinski definition) is 0. The van der Waals surface area contributed by atoms with E-state index in [2.05, 4.69) is 6.92 Å². The number of ether oxygens (including phenoxy) is 1. The van der Waals surface area contributed by atoms with Gasteiger partial charge in [-0.1, -0.05) is 13.8 Å². The Labute approximate surface area is 72.7 Å². The summed E-state index contributed by atoms with van der Waals surface area (Å²) < 4.78 is 4.88. The molecule has 0 saturated heterocycles. The molecule has 0 aromatic heterocycles. The highest BCUT2D eigenvalue weighted by Gasteiger charge is 1.96. The summed E-state index contributed by atoms with van der Waals surface area (Å²) in [7, 11) is 0. The van der Waals surface area contributed by atoms with Crippen molar-refractivity contribution in [3.8, 4) is 0 Å². The molecule has 0 saturated carbocycles. The van der Waals surface area contributed by atoms with Crippen LogP contribution >= 0.6 is 11.8 Å². The molecule has 0 rings (SSSR count). The molecule has 0 atom stereocenters. The Bertz CT molecular complexity index is 104. The highest BCUT2D eigenvalue weighted by Crippen LogP contribution is 2.01. The van der Waals surface area contributed by atoms with Crippen molar-refractivity contribution in [1.82, 2.24) is 0 Å². The molecule has 0 unspecified atom stereocenters. The molecule has 0 heterocycles. The van der Waals surface area contributed by atoms with Crippen LogP contribution in [0.25, 0.3) is 0 Å². The molecule has 0 radical (unpaired) electrons. The minimum atomic E-state index is -0.0953. The summed E-state index contributed by atoms with van der Waals surface area (Å²) in [6, 6.07) is 0. The summed E-state index contributed by atoms with van der Waals surface area (Å²) in [4.78, 5) is 10.6. The van der Waals surface area contributed by atoms with Gasteiger partial charge in [0.1, 0.15) is 6.61 Å². The Morgan fingerprint density at radius 3 is 2.64 bits per heavy atom. The number of esters is 1. The van der Waals surface area contributed by atoms with E-state index in [1.807, 2.05) is 18.7 Å². The van der Waals surface area contributed by atoms with Gasteiger partial charge in [0.15, 0.2) is 0 Å². The van der Waals surface area contributed by atoms with Crippen LogP contribution in [0, 0.1) is 0 Å². The maximum absolute atomic E-state index is 10.6. The second kappa shape index (κ2) is 7.92. The van der Waals surface area contributed by atoms with Gasteiger partial charge in [-0.05, 0) is 12.2 Å². The normalized spacial score (nSPS) is 9.64. The van der Waals surface area contributed by atoms with E-state index in [4.69, 9.17) is 4.74 Å². The fourth-order valence-corrected chi connectivity index (χ4v) is 1.26. The third-order valence-corrected chi connectivity index (χ3v) is 2.28. The summed E-state index contributed by atoms with van der Waals surface area (Å²) in [5.41, 5.74) is 0. The molecule has 0 N–H and O–H groups in total. The van der Waals surface area contributed by atoms with Crippen LogP contribution in [0.1, 0.15) is 26.7 Å². The first-order chi connectivity index (χ1) is 5.31. The zero-order valence-electron chi connectivity index (χ0n) is 7.26. The van der Waals surface area contributed by atoms with Gasteiger partial charge in [-0.2, -0.15) is 11.8 Å². The topological polar surface area (TPSA) is 26.3 Å². The van der Waals surface area contributed by atoms with Crippen LogP contribution < -0.4 is 0 Å². The molecule has 2 nitrogen and oxygen atoms in total. The van der Waals surface area contributed by atoms with Crippen LogP contribution in [0.2, 0.25) is 0 Å². The first-order valence-electron chi connectivity index (χ1n) is 4.04. The minimum Gasteiger partial charge on any atom is -0.465 e. The van der Waals surface area contributed by atoms with Crippen LogP contribution in [0.15, 0.2) is 0 Å². The third-order valence-electron chi connectivity index (χ3n) is 1.13. The molecule has 0 aliphatic heterocycles. The van der Waals surface area contributed by atoms with Gasteiger partial charge in [0.2, 0.25) is 0 Å². The number of thioether (sulfide) groups is 1. The molecule has 11 heavy (non-hydrogen) atoms. The Morgan fingerprint density at radius 1 is 1.36 bits per heavy atom. The summed E-state index contributed by atoms with van der Waals surface area (Å²) >= 11 is 1.83. The van der Waals surface area contributed by atoms with E-state index in [1.54, 1.807) is 0 Å². The molecule has 0 bridgehead atoms. The lowest BCUT2D eigenvalue weighted by atomic mass is 10.5. The van der Waals surface area contributed by atoms with Crippen LogP contribution in [-0.2, 0) is 9.53 Å². The van der Waals surface area contributed by atoms with Crippen molar-refractivity contribution in [2.45, 2.75) is 26.7 Å². The largest absolute Gasteiger partial charge is 0.465 e. The average Bonchev–Trinajstić information content (AvgIpc) is 2.04. The van der Waals surface area contributed by atoms with Crippen LogP contribution in [0.4, 0.5) is 0 Å². The van der Waals surface area contributed by atoms with E-state index < -0.39 is 0 Å². The van der Waals surface area contributed by atoms with E-state index in [-0.39, 0.29) is 5.97 Å². The first-order valence-corrected chi connectivity index (χ1v) is 5.20. The fourth-order valence-electron chi connectivity index (χ4n) is 0.563. The molecular weight excluding hydrogens is 160 g/mol. The van der Waals surface area contributed by atoms with Gasteiger partial charge in [-0.3, -0.25) is 4.79 Å². The second-order valence-electron chi connectivity index (χ2n) is 2.19. The van der Waals surface area contributed by atoms with Crippen molar-refractivity contribution in [2.24, 2.45) is 0 Å². The number of rotatable bonds is 6. The number of hydrogen-bond acceptors (Lipinski definition) is 3. The highest BCUT2D eigenvalue weighted by atomic mass is 32.2. The van der Waals surface area contributed by atoms with Gasteiger partial charge in [0.25, 0.3) is 0 Å². The van der Waals surface area contributed by atoms with Crippen molar-refractivity contribution >= 4 is 17.7 Å². The average molecular weight is 176 g/mol. The minimum absolute atomic E-state index is 0.0953. The molecule has 3 heteroatoms. The molecule has 0 spiro atoms. The Kier molecular flexibility index (Phi) is 7.79. The van der Waals surface area contributed by atoms with Gasteiger partial charge in [-0.25, -0.2) is 0 Å². The van der Waals surface area contributed by atoms with Gasteiger partial charge in [0, 0.05) is 12.2 Å². The van der Waals surface area contributed by atoms with E-state index in [0.717, 1.165) is 11.5 Å². The van der Waals surface area contributed by atoms with Crippen molar-refractivity contribution in [3.63, 3.8) is 0 Å². The molecule has 0 aromatic rings. The molecule has 0 amide bonds. The van der Waals surface area contributed by atoms with Gasteiger partial charge >= 0.3 is 5.97 Å². The lowest BCUT2D eigenvalue weighted by Gasteiger charge is -2.01. The molecule has 66 valence electrons. The standard InChI is InChI=1S/C8H16O2S/c1-3-6-11-7-5-10-8(9)4-2/h3-7H2,1-2H3. The Balaban J connectivity index is 2.95. The lowest BCUT2D eigenvalue weighted by molar-refractivity contribution is -0.142. The molecule has 0 aliphatic carbocycles. The number of carbonyl (C=O) groups is 1. The quantitative estimate of drug-likeness (QED) is 0.458. The fraction of sp³-hybridized carbons (Fsp3) is 0.875. The molecular formula is C8H16O2S. The monoisotopic (exact) mass is 176 g/mol. The zero-order chi connectivity index (χ0) is 8.53. The van der Waals surface area contributed by atoms with Gasteiger partial charge < -0.3 is 4.74 Å². The maximum Gasteiger partial charge on any atom is 0.305 e. The SMILES string of the molecule is CCCSCCOC(=O)CC. The van der Waals surface area contributed by atoms with Crippen LogP contribution in [0.3, 0.4) is 0 Å². The zero-order valence-corrected chi connectivity index (χ0v) is 8.08. The second-order valence-corrected chi connectivity index (χ2v) is 3.41. The predicted molar refractivity (Wildman–Crippen MR) is 48.9 cm³/mol. The lowest BCUT2D eigenvalue weighted by Crippen LogP contribution is -2.05. The molecule has 0 aromatic carbocycles. The van der Waals surface area contributed by atoms with Crippen molar-refractivity contribution in [3.05, 3.63) is 0 Å². The maximum atomic E-state index is 10.6. The molecule has 0 fully saturated rings. The molecule has 0 aliphatic rings. The first kappa shape index (κ1) is 10.8. The highest BCUT2D eigenvalue weighted by molar-refractivity contribution is 7.99. The van der Waals surface area contributed by atoms with Crippen molar-refractivity contribution in [2.75, 3.05) is 18.1 Å². The van der Waals surface area contributed by atoms with Crippen molar-refractivity contribution in [1.29, 1.82) is 0 Å². The third kappa shape index (κ3) is 7.72. The van der Waals surface area contributed by atoms with E-state index in [9.17, 15) is 4.79 Å². The van der Waals surface area contributed by atoms with Crippen molar-refractivity contribution < 1.29 is 9.53 Å². The predicted octanol–water partition coefficient (Wildman–Crippen LogP) is 2.08. The van der Waals surface area contributed by atoms with Crippen LogP contribution in [0.5, 0.6) is 0 Å². The summed E-state index contributed by atoms with van der Waals surface area (Å²) in [6.07, 6.45) is 1.67. The Hall–Kier alpha value is -0.180. The van der Waals surface area contributed by atoms with Gasteiger partial charge in [0.05, 0.1) is 0 Å². The summed E-state index contributed by atoms with van der Waals surface area (Å²) in [6.45, 7) is 4.52.